The van der Waals surface area contributed by atoms with Gasteiger partial charge in [-0.3, -0.25) is 0 Å². The largest absolute Gasteiger partial charge is 0.485 e. The zero-order valence-electron chi connectivity index (χ0n) is 10.3. The van der Waals surface area contributed by atoms with Gasteiger partial charge in [0.25, 0.3) is 0 Å². The molecule has 1 aliphatic rings. The van der Waals surface area contributed by atoms with E-state index in [1.165, 1.54) is 12.1 Å². The number of hydrogen-bond donors (Lipinski definition) is 1. The Morgan fingerprint density at radius 2 is 1.80 bits per heavy atom. The molecule has 2 aromatic carbocycles. The van der Waals surface area contributed by atoms with Crippen LogP contribution in [0.15, 0.2) is 40.9 Å². The topological polar surface area (TPSA) is 29.5 Å². The van der Waals surface area contributed by atoms with Gasteiger partial charge in [0.15, 0.2) is 0 Å². The average Bonchev–Trinajstić information content (AvgIpc) is 2.38. The molecule has 3 rings (SSSR count). The van der Waals surface area contributed by atoms with Crippen molar-refractivity contribution in [1.29, 1.82) is 0 Å². The standard InChI is InChI=1S/C15H11BrF2O2/c16-9-1-2-14-12(5-9)13(19)7-15(20-14)8-3-10(17)6-11(18)4-8/h1-6,13,15,19H,7H2/t13-,15?/m0/s1. The van der Waals surface area contributed by atoms with Gasteiger partial charge < -0.3 is 9.84 Å². The van der Waals surface area contributed by atoms with Crippen LogP contribution in [0.1, 0.15) is 29.8 Å². The lowest BCUT2D eigenvalue weighted by molar-refractivity contribution is 0.0653. The van der Waals surface area contributed by atoms with E-state index in [-0.39, 0.29) is 6.42 Å². The van der Waals surface area contributed by atoms with Gasteiger partial charge >= 0.3 is 0 Å². The third-order valence-corrected chi connectivity index (χ3v) is 3.79. The van der Waals surface area contributed by atoms with E-state index in [0.717, 1.165) is 10.5 Å². The lowest BCUT2D eigenvalue weighted by atomic mass is 9.95. The summed E-state index contributed by atoms with van der Waals surface area (Å²) in [6, 6.07) is 8.56. The second-order valence-corrected chi connectivity index (χ2v) is 5.66. The van der Waals surface area contributed by atoms with Gasteiger partial charge in [-0.15, -0.1) is 0 Å². The predicted octanol–water partition coefficient (Wildman–Crippen LogP) is 4.28. The van der Waals surface area contributed by atoms with Crippen molar-refractivity contribution >= 4 is 15.9 Å². The van der Waals surface area contributed by atoms with Gasteiger partial charge in [-0.05, 0) is 35.9 Å². The summed E-state index contributed by atoms with van der Waals surface area (Å²) in [5, 5.41) is 10.2. The van der Waals surface area contributed by atoms with Crippen molar-refractivity contribution in [3.63, 3.8) is 0 Å². The summed E-state index contributed by atoms with van der Waals surface area (Å²) < 4.78 is 33.1. The number of fused-ring (bicyclic) bond motifs is 1. The average molecular weight is 341 g/mol. The van der Waals surface area contributed by atoms with Gasteiger partial charge in [-0.25, -0.2) is 8.78 Å². The van der Waals surface area contributed by atoms with E-state index >= 15 is 0 Å². The number of hydrogen-bond acceptors (Lipinski definition) is 2. The van der Waals surface area contributed by atoms with Crippen LogP contribution in [0.5, 0.6) is 5.75 Å². The highest BCUT2D eigenvalue weighted by Crippen LogP contribution is 2.41. The Balaban J connectivity index is 1.96. The Hall–Kier alpha value is -1.46. The molecule has 0 aliphatic carbocycles. The van der Waals surface area contributed by atoms with Gasteiger partial charge in [0, 0.05) is 22.5 Å². The quantitative estimate of drug-likeness (QED) is 0.839. The fourth-order valence-electron chi connectivity index (χ4n) is 2.38. The van der Waals surface area contributed by atoms with E-state index in [4.69, 9.17) is 4.74 Å². The fraction of sp³-hybridized carbons (Fsp3) is 0.200. The predicted molar refractivity (Wildman–Crippen MR) is 73.4 cm³/mol. The zero-order valence-corrected chi connectivity index (χ0v) is 11.9. The molecule has 0 fully saturated rings. The Morgan fingerprint density at radius 1 is 1.10 bits per heavy atom. The Labute approximate surface area is 123 Å². The second kappa shape index (κ2) is 5.14. The molecule has 1 unspecified atom stereocenters. The maximum absolute atomic E-state index is 13.3. The van der Waals surface area contributed by atoms with Crippen LogP contribution in [0.4, 0.5) is 8.78 Å². The number of ether oxygens (including phenoxy) is 1. The molecular formula is C15H11BrF2O2. The first-order chi connectivity index (χ1) is 9.52. The molecule has 2 aromatic rings. The molecule has 0 aromatic heterocycles. The fourth-order valence-corrected chi connectivity index (χ4v) is 2.76. The van der Waals surface area contributed by atoms with Gasteiger partial charge in [0.05, 0.1) is 6.10 Å². The van der Waals surface area contributed by atoms with Crippen LogP contribution < -0.4 is 4.74 Å². The Morgan fingerprint density at radius 3 is 2.50 bits per heavy atom. The SMILES string of the molecule is O[C@H]1CC(c2cc(F)cc(F)c2)Oc2ccc(Br)cc21. The lowest BCUT2D eigenvalue weighted by Crippen LogP contribution is -2.19. The molecule has 5 heteroatoms. The van der Waals surface area contributed by atoms with Crippen molar-refractivity contribution < 1.29 is 18.6 Å². The highest BCUT2D eigenvalue weighted by Gasteiger charge is 2.28. The number of halogens is 3. The first kappa shape index (κ1) is 13.5. The summed E-state index contributed by atoms with van der Waals surface area (Å²) in [5.41, 5.74) is 1.06. The van der Waals surface area contributed by atoms with Crippen LogP contribution in [-0.4, -0.2) is 5.11 Å². The maximum atomic E-state index is 13.3. The van der Waals surface area contributed by atoms with Crippen LogP contribution in [0.3, 0.4) is 0 Å². The van der Waals surface area contributed by atoms with E-state index in [0.29, 0.717) is 16.9 Å². The third-order valence-electron chi connectivity index (χ3n) is 3.29. The summed E-state index contributed by atoms with van der Waals surface area (Å²) in [4.78, 5) is 0. The van der Waals surface area contributed by atoms with E-state index in [1.54, 1.807) is 18.2 Å². The first-order valence-corrected chi connectivity index (χ1v) is 6.92. The normalized spacial score (nSPS) is 21.2. The molecule has 2 nitrogen and oxygen atoms in total. The van der Waals surface area contributed by atoms with E-state index < -0.39 is 23.8 Å². The molecule has 1 N–H and O–H groups in total. The Bertz CT molecular complexity index is 640. The first-order valence-electron chi connectivity index (χ1n) is 6.13. The molecule has 0 spiro atoms. The van der Waals surface area contributed by atoms with Crippen molar-refractivity contribution in [2.24, 2.45) is 0 Å². The van der Waals surface area contributed by atoms with Crippen LogP contribution in [-0.2, 0) is 0 Å². The third kappa shape index (κ3) is 2.55. The molecular weight excluding hydrogens is 330 g/mol. The molecule has 0 bridgehead atoms. The van der Waals surface area contributed by atoms with Crippen LogP contribution >= 0.6 is 15.9 Å². The summed E-state index contributed by atoms with van der Waals surface area (Å²) in [7, 11) is 0. The van der Waals surface area contributed by atoms with E-state index in [9.17, 15) is 13.9 Å². The van der Waals surface area contributed by atoms with Crippen molar-refractivity contribution in [3.05, 3.63) is 63.6 Å². The number of rotatable bonds is 1. The zero-order chi connectivity index (χ0) is 14.3. The minimum atomic E-state index is -0.729. The molecule has 20 heavy (non-hydrogen) atoms. The number of aliphatic hydroxyl groups is 1. The highest BCUT2D eigenvalue weighted by molar-refractivity contribution is 9.10. The monoisotopic (exact) mass is 340 g/mol. The molecule has 0 amide bonds. The molecule has 0 radical (unpaired) electrons. The van der Waals surface area contributed by atoms with Crippen molar-refractivity contribution in [2.75, 3.05) is 0 Å². The van der Waals surface area contributed by atoms with Gasteiger partial charge in [0.2, 0.25) is 0 Å². The number of aliphatic hydroxyl groups excluding tert-OH is 1. The molecule has 104 valence electrons. The highest BCUT2D eigenvalue weighted by atomic mass is 79.9. The smallest absolute Gasteiger partial charge is 0.127 e. The number of benzene rings is 2. The summed E-state index contributed by atoms with van der Waals surface area (Å²) in [5.74, 6) is -0.777. The van der Waals surface area contributed by atoms with Gasteiger partial charge in [-0.2, -0.15) is 0 Å². The van der Waals surface area contributed by atoms with Crippen molar-refractivity contribution in [1.82, 2.24) is 0 Å². The van der Waals surface area contributed by atoms with E-state index in [2.05, 4.69) is 15.9 Å². The maximum Gasteiger partial charge on any atom is 0.127 e. The molecule has 2 atom stereocenters. The van der Waals surface area contributed by atoms with Gasteiger partial charge in [-0.1, -0.05) is 15.9 Å². The van der Waals surface area contributed by atoms with Crippen LogP contribution in [0.2, 0.25) is 0 Å². The minimum Gasteiger partial charge on any atom is -0.485 e. The Kier molecular flexibility index (Phi) is 3.48. The van der Waals surface area contributed by atoms with Crippen molar-refractivity contribution in [3.8, 4) is 5.75 Å². The molecule has 0 saturated heterocycles. The second-order valence-electron chi connectivity index (χ2n) is 4.74. The summed E-state index contributed by atoms with van der Waals surface area (Å²) in [6.45, 7) is 0. The minimum absolute atomic E-state index is 0.256. The van der Waals surface area contributed by atoms with Crippen LogP contribution in [0.25, 0.3) is 0 Å². The molecule has 1 heterocycles. The van der Waals surface area contributed by atoms with Crippen LogP contribution in [0, 0.1) is 11.6 Å². The molecule has 1 aliphatic heterocycles. The summed E-state index contributed by atoms with van der Waals surface area (Å²) in [6.07, 6.45) is -1.04. The lowest BCUT2D eigenvalue weighted by Gasteiger charge is -2.30. The molecule has 0 saturated carbocycles. The van der Waals surface area contributed by atoms with Gasteiger partial charge in [0.1, 0.15) is 23.5 Å². The summed E-state index contributed by atoms with van der Waals surface area (Å²) >= 11 is 3.33. The van der Waals surface area contributed by atoms with Crippen molar-refractivity contribution in [2.45, 2.75) is 18.6 Å². The van der Waals surface area contributed by atoms with E-state index in [1.807, 2.05) is 0 Å².